The Balaban J connectivity index is 2.76. The minimum atomic E-state index is -0.266. The minimum Gasteiger partial charge on any atom is -0.339 e. The standard InChI is InChI=1S/C9H14N2O2/c1-4-7(12)6(3)9-10-8(5-2)11-13-9/h6H,4-5H2,1-3H3. The molecule has 1 rings (SSSR count). The average Bonchev–Trinajstić information content (AvgIpc) is 2.63. The van der Waals surface area contributed by atoms with Crippen molar-refractivity contribution in [2.24, 2.45) is 0 Å². The van der Waals surface area contributed by atoms with Gasteiger partial charge in [-0.05, 0) is 6.92 Å². The maximum absolute atomic E-state index is 11.3. The number of aromatic nitrogens is 2. The molecule has 0 N–H and O–H groups in total. The molecule has 0 fully saturated rings. The van der Waals surface area contributed by atoms with Gasteiger partial charge < -0.3 is 4.52 Å². The minimum absolute atomic E-state index is 0.131. The van der Waals surface area contributed by atoms with E-state index in [1.807, 2.05) is 13.8 Å². The van der Waals surface area contributed by atoms with Crippen LogP contribution < -0.4 is 0 Å². The number of aryl methyl sites for hydroxylation is 1. The van der Waals surface area contributed by atoms with Gasteiger partial charge in [0.05, 0.1) is 5.92 Å². The van der Waals surface area contributed by atoms with E-state index in [9.17, 15) is 4.79 Å². The van der Waals surface area contributed by atoms with Gasteiger partial charge in [0.2, 0.25) is 5.89 Å². The summed E-state index contributed by atoms with van der Waals surface area (Å²) >= 11 is 0. The van der Waals surface area contributed by atoms with E-state index in [-0.39, 0.29) is 11.7 Å². The maximum atomic E-state index is 11.3. The highest BCUT2D eigenvalue weighted by atomic mass is 16.5. The molecule has 0 aliphatic rings. The molecule has 72 valence electrons. The molecule has 0 spiro atoms. The lowest BCUT2D eigenvalue weighted by Gasteiger charge is -2.00. The molecule has 4 heteroatoms. The van der Waals surface area contributed by atoms with Crippen molar-refractivity contribution < 1.29 is 9.32 Å². The molecule has 1 heterocycles. The van der Waals surface area contributed by atoms with Gasteiger partial charge in [0.1, 0.15) is 5.78 Å². The van der Waals surface area contributed by atoms with Crippen LogP contribution >= 0.6 is 0 Å². The number of rotatable bonds is 4. The van der Waals surface area contributed by atoms with Crippen LogP contribution in [0.25, 0.3) is 0 Å². The van der Waals surface area contributed by atoms with Crippen molar-refractivity contribution in [1.29, 1.82) is 0 Å². The van der Waals surface area contributed by atoms with Gasteiger partial charge in [-0.25, -0.2) is 0 Å². The SMILES string of the molecule is CCC(=O)C(C)c1nc(CC)no1. The summed E-state index contributed by atoms with van der Waals surface area (Å²) in [5, 5.41) is 3.73. The second kappa shape index (κ2) is 4.16. The Bertz CT molecular complexity index is 294. The third-order valence-electron chi connectivity index (χ3n) is 2.00. The monoisotopic (exact) mass is 182 g/mol. The quantitative estimate of drug-likeness (QED) is 0.711. The maximum Gasteiger partial charge on any atom is 0.236 e. The summed E-state index contributed by atoms with van der Waals surface area (Å²) in [5.74, 6) is 0.957. The van der Waals surface area contributed by atoms with E-state index in [0.717, 1.165) is 6.42 Å². The summed E-state index contributed by atoms with van der Waals surface area (Å²) in [6.07, 6.45) is 1.24. The molecule has 0 radical (unpaired) electrons. The van der Waals surface area contributed by atoms with Crippen LogP contribution in [0.1, 0.15) is 44.8 Å². The number of hydrogen-bond acceptors (Lipinski definition) is 4. The Hall–Kier alpha value is -1.19. The summed E-state index contributed by atoms with van der Waals surface area (Å²) in [5.41, 5.74) is 0. The Morgan fingerprint density at radius 3 is 2.69 bits per heavy atom. The number of nitrogens with zero attached hydrogens (tertiary/aromatic N) is 2. The molecule has 0 saturated carbocycles. The third-order valence-corrected chi connectivity index (χ3v) is 2.00. The van der Waals surface area contributed by atoms with Crippen LogP contribution in [0.3, 0.4) is 0 Å². The zero-order valence-electron chi connectivity index (χ0n) is 8.20. The molecule has 1 atom stereocenters. The topological polar surface area (TPSA) is 56.0 Å². The van der Waals surface area contributed by atoms with E-state index in [1.54, 1.807) is 6.92 Å². The van der Waals surface area contributed by atoms with Crippen LogP contribution in [-0.4, -0.2) is 15.9 Å². The molecule has 1 aromatic heterocycles. The molecule has 0 aliphatic carbocycles. The van der Waals surface area contributed by atoms with E-state index in [2.05, 4.69) is 10.1 Å². The van der Waals surface area contributed by atoms with Crippen LogP contribution in [0.15, 0.2) is 4.52 Å². The van der Waals surface area contributed by atoms with Gasteiger partial charge in [0.15, 0.2) is 5.82 Å². The molecule has 1 unspecified atom stereocenters. The lowest BCUT2D eigenvalue weighted by atomic mass is 10.1. The smallest absolute Gasteiger partial charge is 0.236 e. The number of carbonyl (C=O) groups is 1. The van der Waals surface area contributed by atoms with Crippen molar-refractivity contribution in [3.05, 3.63) is 11.7 Å². The van der Waals surface area contributed by atoms with E-state index >= 15 is 0 Å². The molecular weight excluding hydrogens is 168 g/mol. The Morgan fingerprint density at radius 2 is 2.23 bits per heavy atom. The van der Waals surface area contributed by atoms with Gasteiger partial charge in [-0.2, -0.15) is 4.98 Å². The average molecular weight is 182 g/mol. The van der Waals surface area contributed by atoms with Crippen molar-refractivity contribution in [1.82, 2.24) is 10.1 Å². The summed E-state index contributed by atoms with van der Waals surface area (Å²) in [6.45, 7) is 5.57. The molecule has 1 aromatic rings. The second-order valence-corrected chi connectivity index (χ2v) is 2.94. The fourth-order valence-corrected chi connectivity index (χ4v) is 1.03. The molecule has 0 aliphatic heterocycles. The Morgan fingerprint density at radius 1 is 1.54 bits per heavy atom. The first kappa shape index (κ1) is 9.89. The van der Waals surface area contributed by atoms with E-state index in [1.165, 1.54) is 0 Å². The number of Topliss-reactive ketones (excluding diaryl/α,β-unsaturated/α-hetero) is 1. The third kappa shape index (κ3) is 2.14. The molecule has 13 heavy (non-hydrogen) atoms. The van der Waals surface area contributed by atoms with Gasteiger partial charge in [-0.15, -0.1) is 0 Å². The number of carbonyl (C=O) groups excluding carboxylic acids is 1. The van der Waals surface area contributed by atoms with Crippen molar-refractivity contribution in [3.8, 4) is 0 Å². The van der Waals surface area contributed by atoms with Gasteiger partial charge in [0, 0.05) is 12.8 Å². The van der Waals surface area contributed by atoms with Crippen LogP contribution in [0.5, 0.6) is 0 Å². The molecule has 0 aromatic carbocycles. The van der Waals surface area contributed by atoms with Crippen LogP contribution in [0.4, 0.5) is 0 Å². The first-order valence-corrected chi connectivity index (χ1v) is 4.54. The highest BCUT2D eigenvalue weighted by molar-refractivity contribution is 5.83. The van der Waals surface area contributed by atoms with Crippen molar-refractivity contribution in [2.45, 2.75) is 39.5 Å². The Labute approximate surface area is 77.3 Å². The first-order chi connectivity index (χ1) is 6.19. The van der Waals surface area contributed by atoms with E-state index in [4.69, 9.17) is 4.52 Å². The van der Waals surface area contributed by atoms with E-state index in [0.29, 0.717) is 18.1 Å². The highest BCUT2D eigenvalue weighted by Gasteiger charge is 2.19. The summed E-state index contributed by atoms with van der Waals surface area (Å²) < 4.78 is 4.96. The van der Waals surface area contributed by atoms with Crippen molar-refractivity contribution >= 4 is 5.78 Å². The van der Waals surface area contributed by atoms with Gasteiger partial charge in [-0.3, -0.25) is 4.79 Å². The number of ketones is 1. The molecule has 0 bridgehead atoms. The molecule has 0 saturated heterocycles. The van der Waals surface area contributed by atoms with Crippen LogP contribution in [-0.2, 0) is 11.2 Å². The lowest BCUT2D eigenvalue weighted by Crippen LogP contribution is -2.07. The van der Waals surface area contributed by atoms with Gasteiger partial charge in [-0.1, -0.05) is 19.0 Å². The van der Waals surface area contributed by atoms with Crippen LogP contribution in [0, 0.1) is 0 Å². The first-order valence-electron chi connectivity index (χ1n) is 4.54. The lowest BCUT2D eigenvalue weighted by molar-refractivity contribution is -0.120. The fraction of sp³-hybridized carbons (Fsp3) is 0.667. The largest absolute Gasteiger partial charge is 0.339 e. The molecule has 4 nitrogen and oxygen atoms in total. The van der Waals surface area contributed by atoms with Gasteiger partial charge >= 0.3 is 0 Å². The van der Waals surface area contributed by atoms with Crippen molar-refractivity contribution in [2.75, 3.05) is 0 Å². The highest BCUT2D eigenvalue weighted by Crippen LogP contribution is 2.15. The van der Waals surface area contributed by atoms with Crippen molar-refractivity contribution in [3.63, 3.8) is 0 Å². The zero-order valence-corrected chi connectivity index (χ0v) is 8.20. The predicted octanol–water partition coefficient (Wildman–Crippen LogP) is 1.71. The summed E-state index contributed by atoms with van der Waals surface area (Å²) in [6, 6.07) is 0. The van der Waals surface area contributed by atoms with Gasteiger partial charge in [0.25, 0.3) is 0 Å². The summed E-state index contributed by atoms with van der Waals surface area (Å²) in [4.78, 5) is 15.4. The van der Waals surface area contributed by atoms with Crippen LogP contribution in [0.2, 0.25) is 0 Å². The fourth-order valence-electron chi connectivity index (χ4n) is 1.03. The molecular formula is C9H14N2O2. The molecule has 0 amide bonds. The second-order valence-electron chi connectivity index (χ2n) is 2.94. The zero-order chi connectivity index (χ0) is 9.84. The normalized spacial score (nSPS) is 12.8. The number of hydrogen-bond donors (Lipinski definition) is 0. The Kier molecular flexibility index (Phi) is 3.17. The summed E-state index contributed by atoms with van der Waals surface area (Å²) in [7, 11) is 0. The predicted molar refractivity (Wildman–Crippen MR) is 47.4 cm³/mol. The van der Waals surface area contributed by atoms with E-state index < -0.39 is 0 Å².